The minimum Gasteiger partial charge on any atom is -0.450 e. The average Bonchev–Trinajstić information content (AvgIpc) is 1.97. The number of rotatable bonds is 4. The van der Waals surface area contributed by atoms with E-state index < -0.39 is 18.4 Å². The van der Waals surface area contributed by atoms with Gasteiger partial charge in [0.05, 0.1) is 0 Å². The fourth-order valence-corrected chi connectivity index (χ4v) is 0.851. The summed E-state index contributed by atoms with van der Waals surface area (Å²) < 4.78 is 8.73. The normalized spacial score (nSPS) is 11.8. The first-order valence-electron chi connectivity index (χ1n) is 2.87. The van der Waals surface area contributed by atoms with Gasteiger partial charge in [-0.15, -0.1) is 0 Å². The van der Waals surface area contributed by atoms with Crippen LogP contribution in [-0.4, -0.2) is 39.7 Å². The van der Waals surface area contributed by atoms with E-state index in [1.807, 2.05) is 22.6 Å². The molecule has 0 fully saturated rings. The Hall–Kier alpha value is -0.730. The van der Waals surface area contributed by atoms with E-state index in [9.17, 15) is 9.59 Å². The van der Waals surface area contributed by atoms with E-state index in [1.54, 1.807) is 0 Å². The zero-order valence-corrected chi connectivity index (χ0v) is 8.05. The van der Waals surface area contributed by atoms with Crippen LogP contribution in [-0.2, 0) is 9.47 Å². The molecule has 0 aromatic carbocycles. The Labute approximate surface area is 81.6 Å². The number of hydrogen-bond acceptors (Lipinski definition) is 4. The zero-order valence-electron chi connectivity index (χ0n) is 5.90. The van der Waals surface area contributed by atoms with Crippen LogP contribution in [0.4, 0.5) is 9.59 Å². The smallest absolute Gasteiger partial charge is 0.450 e. The van der Waals surface area contributed by atoms with Gasteiger partial charge in [0.1, 0.15) is 12.7 Å². The highest BCUT2D eigenvalue weighted by Gasteiger charge is 2.13. The summed E-state index contributed by atoms with van der Waals surface area (Å²) in [5.41, 5.74) is 0. The molecule has 0 amide bonds. The first-order chi connectivity index (χ1) is 5.56. The van der Waals surface area contributed by atoms with Crippen LogP contribution < -0.4 is 0 Å². The molecule has 12 heavy (non-hydrogen) atoms. The van der Waals surface area contributed by atoms with Gasteiger partial charge in [0, 0.05) is 4.43 Å². The maximum absolute atomic E-state index is 9.98. The first kappa shape index (κ1) is 11.3. The lowest BCUT2D eigenvalue weighted by Gasteiger charge is -2.11. The van der Waals surface area contributed by atoms with Gasteiger partial charge in [0.2, 0.25) is 0 Å². The summed E-state index contributed by atoms with van der Waals surface area (Å²) in [5.74, 6) is 0. The van der Waals surface area contributed by atoms with E-state index in [2.05, 4.69) is 9.47 Å². The molecule has 1 atom stereocenters. The quantitative estimate of drug-likeness (QED) is 0.459. The highest BCUT2D eigenvalue weighted by Crippen LogP contribution is 1.99. The fourth-order valence-electron chi connectivity index (χ4n) is 0.417. The predicted octanol–water partition coefficient (Wildman–Crippen LogP) is 1.18. The second-order valence-electron chi connectivity index (χ2n) is 1.74. The van der Waals surface area contributed by atoms with Crippen molar-refractivity contribution in [2.75, 3.05) is 11.0 Å². The summed E-state index contributed by atoms with van der Waals surface area (Å²) in [7, 11) is 0. The lowest BCUT2D eigenvalue weighted by atomic mass is 10.4. The summed E-state index contributed by atoms with van der Waals surface area (Å²) >= 11 is 1.87. The molecule has 0 aliphatic heterocycles. The van der Waals surface area contributed by atoms with Crippen molar-refractivity contribution >= 4 is 34.9 Å². The molecule has 0 aliphatic rings. The lowest BCUT2D eigenvalue weighted by molar-refractivity contribution is 0.0150. The van der Waals surface area contributed by atoms with Crippen LogP contribution in [0.2, 0.25) is 0 Å². The molecule has 1 unspecified atom stereocenters. The van der Waals surface area contributed by atoms with Crippen LogP contribution in [0.1, 0.15) is 0 Å². The number of carbonyl (C=O) groups is 2. The Morgan fingerprint density at radius 2 is 1.92 bits per heavy atom. The predicted molar refractivity (Wildman–Crippen MR) is 45.8 cm³/mol. The maximum atomic E-state index is 9.98. The number of ether oxygens (including phenoxy) is 2. The highest BCUT2D eigenvalue weighted by atomic mass is 127. The van der Waals surface area contributed by atoms with Crippen LogP contribution in [0.3, 0.4) is 0 Å². The van der Waals surface area contributed by atoms with E-state index in [4.69, 9.17) is 10.2 Å². The van der Waals surface area contributed by atoms with E-state index in [0.29, 0.717) is 4.43 Å². The Kier molecular flexibility index (Phi) is 5.51. The van der Waals surface area contributed by atoms with Gasteiger partial charge < -0.3 is 19.7 Å². The number of halogens is 1. The molecular weight excluding hydrogens is 283 g/mol. The molecule has 2 N–H and O–H groups in total. The SMILES string of the molecule is O=C(O)OCC(CI)OC(=O)O. The van der Waals surface area contributed by atoms with Crippen LogP contribution in [0, 0.1) is 0 Å². The second-order valence-corrected chi connectivity index (χ2v) is 2.62. The monoisotopic (exact) mass is 290 g/mol. The van der Waals surface area contributed by atoms with Gasteiger partial charge >= 0.3 is 12.3 Å². The lowest BCUT2D eigenvalue weighted by Crippen LogP contribution is -2.25. The van der Waals surface area contributed by atoms with Crippen LogP contribution in [0.15, 0.2) is 0 Å². The molecule has 7 heteroatoms. The van der Waals surface area contributed by atoms with E-state index in [-0.39, 0.29) is 6.61 Å². The third-order valence-corrected chi connectivity index (χ3v) is 1.81. The largest absolute Gasteiger partial charge is 0.506 e. The van der Waals surface area contributed by atoms with Crippen molar-refractivity contribution in [1.29, 1.82) is 0 Å². The van der Waals surface area contributed by atoms with E-state index in [0.717, 1.165) is 0 Å². The highest BCUT2D eigenvalue weighted by molar-refractivity contribution is 14.1. The summed E-state index contributed by atoms with van der Waals surface area (Å²) in [4.78, 5) is 19.9. The summed E-state index contributed by atoms with van der Waals surface area (Å²) in [6.45, 7) is -0.273. The van der Waals surface area contributed by atoms with Crippen molar-refractivity contribution < 1.29 is 29.3 Å². The van der Waals surface area contributed by atoms with Gasteiger partial charge in [0.15, 0.2) is 0 Å². The number of hydrogen-bond donors (Lipinski definition) is 2. The van der Waals surface area contributed by atoms with Crippen molar-refractivity contribution in [3.63, 3.8) is 0 Å². The fraction of sp³-hybridized carbons (Fsp3) is 0.600. The number of carboxylic acid groups (broad SMARTS) is 2. The Bertz CT molecular complexity index is 169. The van der Waals surface area contributed by atoms with Crippen LogP contribution >= 0.6 is 22.6 Å². The Morgan fingerprint density at radius 1 is 1.33 bits per heavy atom. The number of alkyl halides is 1. The summed E-state index contributed by atoms with van der Waals surface area (Å²) in [5, 5.41) is 16.2. The third kappa shape index (κ3) is 6.01. The molecule has 0 radical (unpaired) electrons. The first-order valence-corrected chi connectivity index (χ1v) is 4.40. The van der Waals surface area contributed by atoms with Gasteiger partial charge in [-0.1, -0.05) is 22.6 Å². The molecule has 0 aromatic heterocycles. The van der Waals surface area contributed by atoms with Gasteiger partial charge in [-0.25, -0.2) is 9.59 Å². The molecule has 0 saturated heterocycles. The van der Waals surface area contributed by atoms with Crippen molar-refractivity contribution in [1.82, 2.24) is 0 Å². The van der Waals surface area contributed by atoms with Crippen LogP contribution in [0.5, 0.6) is 0 Å². The van der Waals surface area contributed by atoms with Crippen LogP contribution in [0.25, 0.3) is 0 Å². The van der Waals surface area contributed by atoms with Crippen molar-refractivity contribution in [3.8, 4) is 0 Å². The minimum atomic E-state index is -1.45. The van der Waals surface area contributed by atoms with Crippen molar-refractivity contribution in [2.24, 2.45) is 0 Å². The van der Waals surface area contributed by atoms with Gasteiger partial charge in [-0.3, -0.25) is 0 Å². The molecule has 0 aliphatic carbocycles. The molecule has 6 nitrogen and oxygen atoms in total. The summed E-state index contributed by atoms with van der Waals surface area (Å²) in [6.07, 6.45) is -3.62. The van der Waals surface area contributed by atoms with Gasteiger partial charge in [0.25, 0.3) is 0 Å². The van der Waals surface area contributed by atoms with Gasteiger partial charge in [-0.2, -0.15) is 0 Å². The molecule has 0 rings (SSSR count). The maximum Gasteiger partial charge on any atom is 0.506 e. The topological polar surface area (TPSA) is 93.1 Å². The summed E-state index contributed by atoms with van der Waals surface area (Å²) in [6, 6.07) is 0. The van der Waals surface area contributed by atoms with Crippen molar-refractivity contribution in [3.05, 3.63) is 0 Å². The minimum absolute atomic E-state index is 0.273. The second kappa shape index (κ2) is 5.86. The molecular formula is C5H7IO6. The van der Waals surface area contributed by atoms with Gasteiger partial charge in [-0.05, 0) is 0 Å². The molecule has 0 saturated carbocycles. The molecule has 0 bridgehead atoms. The zero-order chi connectivity index (χ0) is 9.56. The van der Waals surface area contributed by atoms with E-state index >= 15 is 0 Å². The standard InChI is InChI=1S/C5H7IO6/c6-1-3(12-5(9)10)2-11-4(7)8/h3H,1-2H2,(H,7,8)(H,9,10). The molecule has 0 heterocycles. The average molecular weight is 290 g/mol. The molecule has 0 spiro atoms. The Morgan fingerprint density at radius 3 is 2.25 bits per heavy atom. The Balaban J connectivity index is 3.67. The van der Waals surface area contributed by atoms with Crippen molar-refractivity contribution in [2.45, 2.75) is 6.10 Å². The van der Waals surface area contributed by atoms with E-state index in [1.165, 1.54) is 0 Å². The third-order valence-electron chi connectivity index (χ3n) is 0.832. The molecule has 70 valence electrons. The molecule has 0 aromatic rings.